The maximum absolute atomic E-state index is 13.3. The van der Waals surface area contributed by atoms with Crippen molar-refractivity contribution in [3.63, 3.8) is 0 Å². The summed E-state index contributed by atoms with van der Waals surface area (Å²) in [6.45, 7) is 3.69. The SMILES string of the molecule is CCC(C(=O)OCc1ccccc1)n1cnc2sc(C(=O)OC3CCCCC3)c(C)c2c1=O. The van der Waals surface area contributed by atoms with E-state index in [0.717, 1.165) is 42.6 Å². The Hall–Kier alpha value is -3.00. The molecule has 1 aliphatic rings. The molecule has 0 amide bonds. The summed E-state index contributed by atoms with van der Waals surface area (Å²) >= 11 is 1.16. The zero-order valence-corrected chi connectivity index (χ0v) is 19.7. The molecule has 2 aromatic heterocycles. The molecule has 174 valence electrons. The van der Waals surface area contributed by atoms with Crippen LogP contribution in [0.5, 0.6) is 0 Å². The van der Waals surface area contributed by atoms with Gasteiger partial charge in [0.2, 0.25) is 0 Å². The molecule has 33 heavy (non-hydrogen) atoms. The van der Waals surface area contributed by atoms with Gasteiger partial charge in [0.25, 0.3) is 5.56 Å². The molecule has 1 saturated carbocycles. The van der Waals surface area contributed by atoms with Crippen molar-refractivity contribution >= 4 is 33.5 Å². The van der Waals surface area contributed by atoms with Crippen LogP contribution in [-0.2, 0) is 20.9 Å². The Balaban J connectivity index is 1.57. The van der Waals surface area contributed by atoms with Crippen molar-refractivity contribution in [1.82, 2.24) is 9.55 Å². The number of aryl methyl sites for hydroxylation is 1. The molecule has 0 spiro atoms. The molecule has 0 aliphatic heterocycles. The first kappa shape index (κ1) is 23.2. The number of aromatic nitrogens is 2. The number of thiophene rings is 1. The van der Waals surface area contributed by atoms with Crippen molar-refractivity contribution in [3.05, 3.63) is 63.0 Å². The fraction of sp³-hybridized carbons (Fsp3) is 0.440. The molecule has 4 rings (SSSR count). The Morgan fingerprint density at radius 1 is 1.18 bits per heavy atom. The van der Waals surface area contributed by atoms with E-state index in [1.807, 2.05) is 37.3 Å². The number of ether oxygens (including phenoxy) is 2. The molecule has 0 radical (unpaired) electrons. The van der Waals surface area contributed by atoms with Crippen LogP contribution in [0.25, 0.3) is 10.2 Å². The van der Waals surface area contributed by atoms with Crippen molar-refractivity contribution in [3.8, 4) is 0 Å². The van der Waals surface area contributed by atoms with Crippen LogP contribution >= 0.6 is 11.3 Å². The second kappa shape index (κ2) is 10.3. The number of hydrogen-bond acceptors (Lipinski definition) is 7. The normalized spacial score (nSPS) is 15.3. The van der Waals surface area contributed by atoms with Crippen LogP contribution in [0.15, 0.2) is 41.5 Å². The smallest absolute Gasteiger partial charge is 0.348 e. The predicted octanol–water partition coefficient (Wildman–Crippen LogP) is 4.95. The lowest BCUT2D eigenvalue weighted by Crippen LogP contribution is -2.31. The molecule has 1 fully saturated rings. The van der Waals surface area contributed by atoms with Crippen molar-refractivity contribution in [1.29, 1.82) is 0 Å². The van der Waals surface area contributed by atoms with Crippen LogP contribution in [-0.4, -0.2) is 27.6 Å². The van der Waals surface area contributed by atoms with Gasteiger partial charge in [-0.15, -0.1) is 11.3 Å². The summed E-state index contributed by atoms with van der Waals surface area (Å²) in [6.07, 6.45) is 6.74. The summed E-state index contributed by atoms with van der Waals surface area (Å²) in [5.41, 5.74) is 1.07. The molecule has 0 bridgehead atoms. The van der Waals surface area contributed by atoms with Gasteiger partial charge in [-0.1, -0.05) is 43.7 Å². The number of nitrogens with zero attached hydrogens (tertiary/aromatic N) is 2. The van der Waals surface area contributed by atoms with Crippen molar-refractivity contribution in [2.45, 2.75) is 71.1 Å². The first-order valence-electron chi connectivity index (χ1n) is 11.4. The van der Waals surface area contributed by atoms with Gasteiger partial charge in [0.1, 0.15) is 28.5 Å². The molecular weight excluding hydrogens is 440 g/mol. The van der Waals surface area contributed by atoms with E-state index in [2.05, 4.69) is 4.98 Å². The number of carbonyl (C=O) groups is 2. The Kier molecular flexibility index (Phi) is 7.23. The van der Waals surface area contributed by atoms with E-state index in [-0.39, 0.29) is 18.3 Å². The molecule has 1 aliphatic carbocycles. The quantitative estimate of drug-likeness (QED) is 0.456. The van der Waals surface area contributed by atoms with Gasteiger partial charge in [-0.2, -0.15) is 0 Å². The summed E-state index contributed by atoms with van der Waals surface area (Å²) < 4.78 is 12.5. The highest BCUT2D eigenvalue weighted by atomic mass is 32.1. The third kappa shape index (κ3) is 5.00. The molecule has 1 atom stereocenters. The van der Waals surface area contributed by atoms with E-state index in [4.69, 9.17) is 9.47 Å². The summed E-state index contributed by atoms with van der Waals surface area (Å²) in [6, 6.07) is 8.59. The lowest BCUT2D eigenvalue weighted by atomic mass is 9.98. The van der Waals surface area contributed by atoms with E-state index in [1.54, 1.807) is 6.92 Å². The molecular formula is C25H28N2O5S. The van der Waals surface area contributed by atoms with Gasteiger partial charge in [0.15, 0.2) is 0 Å². The standard InChI is InChI=1S/C25H28N2O5S/c1-3-19(24(29)31-14-17-10-6-4-7-11-17)27-15-26-22-20(23(27)28)16(2)21(33-22)25(30)32-18-12-8-5-9-13-18/h4,6-7,10-11,15,18-19H,3,5,8-9,12-14H2,1-2H3. The first-order valence-corrected chi connectivity index (χ1v) is 12.2. The third-order valence-electron chi connectivity index (χ3n) is 6.11. The van der Waals surface area contributed by atoms with Crippen LogP contribution in [0.1, 0.15) is 72.3 Å². The molecule has 1 aromatic carbocycles. The summed E-state index contributed by atoms with van der Waals surface area (Å²) in [5.74, 6) is -0.892. The Morgan fingerprint density at radius 3 is 2.61 bits per heavy atom. The van der Waals surface area contributed by atoms with Crippen molar-refractivity contribution in [2.24, 2.45) is 0 Å². The lowest BCUT2D eigenvalue weighted by molar-refractivity contribution is -0.149. The highest BCUT2D eigenvalue weighted by Gasteiger charge is 2.27. The molecule has 1 unspecified atom stereocenters. The van der Waals surface area contributed by atoms with Crippen LogP contribution < -0.4 is 5.56 Å². The van der Waals surface area contributed by atoms with Crippen molar-refractivity contribution in [2.75, 3.05) is 0 Å². The van der Waals surface area contributed by atoms with E-state index in [1.165, 1.54) is 17.3 Å². The average Bonchev–Trinajstić information content (AvgIpc) is 3.18. The number of fused-ring (bicyclic) bond motifs is 1. The molecule has 0 saturated heterocycles. The minimum atomic E-state index is -0.796. The maximum Gasteiger partial charge on any atom is 0.348 e. The van der Waals surface area contributed by atoms with Crippen LogP contribution in [0.4, 0.5) is 0 Å². The molecule has 0 N–H and O–H groups in total. The van der Waals surface area contributed by atoms with Crippen LogP contribution in [0.2, 0.25) is 0 Å². The van der Waals surface area contributed by atoms with Crippen LogP contribution in [0, 0.1) is 6.92 Å². The highest BCUT2D eigenvalue weighted by molar-refractivity contribution is 7.20. The van der Waals surface area contributed by atoms with Crippen LogP contribution in [0.3, 0.4) is 0 Å². The summed E-state index contributed by atoms with van der Waals surface area (Å²) in [5, 5.41) is 0.354. The van der Waals surface area contributed by atoms with E-state index in [0.29, 0.717) is 27.1 Å². The summed E-state index contributed by atoms with van der Waals surface area (Å²) in [7, 11) is 0. The second-order valence-electron chi connectivity index (χ2n) is 8.38. The second-order valence-corrected chi connectivity index (χ2v) is 9.38. The monoisotopic (exact) mass is 468 g/mol. The predicted molar refractivity (Wildman–Crippen MR) is 126 cm³/mol. The average molecular weight is 469 g/mol. The van der Waals surface area contributed by atoms with E-state index >= 15 is 0 Å². The van der Waals surface area contributed by atoms with Gasteiger partial charge in [-0.05, 0) is 50.2 Å². The number of hydrogen-bond donors (Lipinski definition) is 0. The fourth-order valence-corrected chi connectivity index (χ4v) is 5.27. The third-order valence-corrected chi connectivity index (χ3v) is 7.29. The van der Waals surface area contributed by atoms with Crippen molar-refractivity contribution < 1.29 is 19.1 Å². The van der Waals surface area contributed by atoms with Gasteiger partial charge in [0, 0.05) is 0 Å². The van der Waals surface area contributed by atoms with Gasteiger partial charge in [0.05, 0.1) is 11.7 Å². The fourth-order valence-electron chi connectivity index (χ4n) is 4.24. The number of esters is 2. The molecule has 2 heterocycles. The minimum absolute atomic E-state index is 0.0654. The molecule has 8 heteroatoms. The van der Waals surface area contributed by atoms with Gasteiger partial charge in [-0.3, -0.25) is 9.36 Å². The zero-order valence-electron chi connectivity index (χ0n) is 18.9. The first-order chi connectivity index (χ1) is 16.0. The Bertz CT molecular complexity index is 1190. The summed E-state index contributed by atoms with van der Waals surface area (Å²) in [4.78, 5) is 44.2. The maximum atomic E-state index is 13.3. The zero-order chi connectivity index (χ0) is 23.4. The Morgan fingerprint density at radius 2 is 1.91 bits per heavy atom. The highest BCUT2D eigenvalue weighted by Crippen LogP contribution is 2.30. The number of carbonyl (C=O) groups excluding carboxylic acids is 2. The Labute approximate surface area is 196 Å². The van der Waals surface area contributed by atoms with Gasteiger partial charge in [-0.25, -0.2) is 14.6 Å². The van der Waals surface area contributed by atoms with Gasteiger partial charge < -0.3 is 9.47 Å². The largest absolute Gasteiger partial charge is 0.459 e. The van der Waals surface area contributed by atoms with E-state index in [9.17, 15) is 14.4 Å². The molecule has 3 aromatic rings. The topological polar surface area (TPSA) is 87.5 Å². The number of benzene rings is 1. The van der Waals surface area contributed by atoms with E-state index < -0.39 is 18.0 Å². The molecule has 7 nitrogen and oxygen atoms in total. The minimum Gasteiger partial charge on any atom is -0.459 e. The van der Waals surface area contributed by atoms with Gasteiger partial charge >= 0.3 is 11.9 Å². The lowest BCUT2D eigenvalue weighted by Gasteiger charge is -2.21. The number of rotatable bonds is 7.